The van der Waals surface area contributed by atoms with Gasteiger partial charge in [-0.25, -0.2) is 0 Å². The summed E-state index contributed by atoms with van der Waals surface area (Å²) in [5.74, 6) is 0. The van der Waals surface area contributed by atoms with Gasteiger partial charge in [-0.15, -0.1) is 0 Å². The van der Waals surface area contributed by atoms with Gasteiger partial charge in [0.15, 0.2) is 0 Å². The molecule has 0 aromatic heterocycles. The van der Waals surface area contributed by atoms with Crippen LogP contribution in [-0.4, -0.2) is 30.7 Å². The Morgan fingerprint density at radius 1 is 1.21 bits per heavy atom. The monoisotopic (exact) mass is 274 g/mol. The van der Waals surface area contributed by atoms with E-state index in [1.54, 1.807) is 6.92 Å². The van der Waals surface area contributed by atoms with Crippen molar-refractivity contribution in [2.24, 2.45) is 5.73 Å². The van der Waals surface area contributed by atoms with Crippen molar-refractivity contribution in [1.29, 1.82) is 0 Å². The molecule has 0 amide bonds. The minimum atomic E-state index is -4.13. The van der Waals surface area contributed by atoms with Crippen LogP contribution in [0.2, 0.25) is 0 Å². The molecule has 0 fully saturated rings. The quantitative estimate of drug-likeness (QED) is 0.826. The molecule has 0 radical (unpaired) electrons. The fourth-order valence-electron chi connectivity index (χ4n) is 2.00. The van der Waals surface area contributed by atoms with Crippen molar-refractivity contribution in [3.8, 4) is 0 Å². The van der Waals surface area contributed by atoms with Crippen molar-refractivity contribution in [2.45, 2.75) is 32.0 Å². The van der Waals surface area contributed by atoms with E-state index in [1.165, 1.54) is 4.90 Å². The Hall–Kier alpha value is -1.07. The van der Waals surface area contributed by atoms with Crippen LogP contribution in [0.25, 0.3) is 0 Å². The molecule has 0 aliphatic carbocycles. The Kier molecular flexibility index (Phi) is 6.31. The summed E-state index contributed by atoms with van der Waals surface area (Å²) in [6.07, 6.45) is -2.77. The number of nitrogens with zero attached hydrogens (tertiary/aromatic N) is 1. The van der Waals surface area contributed by atoms with E-state index in [0.29, 0.717) is 25.9 Å². The summed E-state index contributed by atoms with van der Waals surface area (Å²) in [6.45, 7) is 1.73. The Balaban J connectivity index is 2.32. The largest absolute Gasteiger partial charge is 0.401 e. The lowest BCUT2D eigenvalue weighted by Crippen LogP contribution is -2.35. The van der Waals surface area contributed by atoms with Crippen LogP contribution in [0.15, 0.2) is 30.3 Å². The summed E-state index contributed by atoms with van der Waals surface area (Å²) < 4.78 is 36.8. The van der Waals surface area contributed by atoms with Gasteiger partial charge >= 0.3 is 6.18 Å². The SMILES string of the molecule is CCN(CCCC(N)c1ccccc1)CC(F)(F)F. The maximum atomic E-state index is 12.3. The lowest BCUT2D eigenvalue weighted by atomic mass is 10.0. The van der Waals surface area contributed by atoms with E-state index in [0.717, 1.165) is 5.56 Å². The van der Waals surface area contributed by atoms with Gasteiger partial charge in [0.25, 0.3) is 0 Å². The molecule has 19 heavy (non-hydrogen) atoms. The zero-order valence-electron chi connectivity index (χ0n) is 11.2. The van der Waals surface area contributed by atoms with Crippen LogP contribution in [0.3, 0.4) is 0 Å². The standard InChI is InChI=1S/C14H21F3N2/c1-2-19(11-14(15,16)17)10-6-9-13(18)12-7-4-3-5-8-12/h3-5,7-8,13H,2,6,9-11,18H2,1H3. The number of nitrogens with two attached hydrogens (primary N) is 1. The summed E-state index contributed by atoms with van der Waals surface area (Å²) in [6, 6.07) is 9.52. The van der Waals surface area contributed by atoms with Crippen LogP contribution in [0.5, 0.6) is 0 Å². The number of hydrogen-bond donors (Lipinski definition) is 1. The highest BCUT2D eigenvalue weighted by molar-refractivity contribution is 5.18. The second-order valence-corrected chi connectivity index (χ2v) is 4.64. The number of halogens is 3. The molecule has 0 aliphatic rings. The van der Waals surface area contributed by atoms with Gasteiger partial charge in [-0.05, 0) is 31.5 Å². The van der Waals surface area contributed by atoms with Crippen molar-refractivity contribution in [1.82, 2.24) is 4.90 Å². The van der Waals surface area contributed by atoms with Crippen molar-refractivity contribution >= 4 is 0 Å². The number of hydrogen-bond acceptors (Lipinski definition) is 2. The first kappa shape index (κ1) is 16.0. The molecule has 108 valence electrons. The third-order valence-corrected chi connectivity index (χ3v) is 3.07. The molecule has 5 heteroatoms. The van der Waals surface area contributed by atoms with E-state index in [-0.39, 0.29) is 6.04 Å². The van der Waals surface area contributed by atoms with Gasteiger partial charge in [0.2, 0.25) is 0 Å². The average molecular weight is 274 g/mol. The Bertz CT molecular complexity index is 351. The van der Waals surface area contributed by atoms with Gasteiger partial charge in [0, 0.05) is 6.04 Å². The Morgan fingerprint density at radius 2 is 1.84 bits per heavy atom. The van der Waals surface area contributed by atoms with Gasteiger partial charge in [0.1, 0.15) is 0 Å². The van der Waals surface area contributed by atoms with Gasteiger partial charge < -0.3 is 5.73 Å². The summed E-state index contributed by atoms with van der Waals surface area (Å²) in [5.41, 5.74) is 7.04. The molecule has 1 rings (SSSR count). The molecule has 0 aliphatic heterocycles. The van der Waals surface area contributed by atoms with Crippen molar-refractivity contribution in [3.05, 3.63) is 35.9 Å². The zero-order chi connectivity index (χ0) is 14.3. The average Bonchev–Trinajstić information content (AvgIpc) is 2.37. The molecule has 0 heterocycles. The summed E-state index contributed by atoms with van der Waals surface area (Å²) >= 11 is 0. The van der Waals surface area contributed by atoms with Crippen LogP contribution < -0.4 is 5.73 Å². The van der Waals surface area contributed by atoms with E-state index >= 15 is 0 Å². The maximum Gasteiger partial charge on any atom is 0.401 e. The van der Waals surface area contributed by atoms with Crippen LogP contribution >= 0.6 is 0 Å². The first-order chi connectivity index (χ1) is 8.92. The minimum Gasteiger partial charge on any atom is -0.324 e. The Labute approximate surface area is 112 Å². The topological polar surface area (TPSA) is 29.3 Å². The predicted molar refractivity (Wildman–Crippen MR) is 70.8 cm³/mol. The molecule has 0 saturated carbocycles. The van der Waals surface area contributed by atoms with Crippen molar-refractivity contribution in [2.75, 3.05) is 19.6 Å². The normalized spacial score (nSPS) is 13.8. The molecule has 1 aromatic carbocycles. The number of alkyl halides is 3. The van der Waals surface area contributed by atoms with E-state index in [1.807, 2.05) is 30.3 Å². The first-order valence-electron chi connectivity index (χ1n) is 6.52. The zero-order valence-corrected chi connectivity index (χ0v) is 11.2. The molecular weight excluding hydrogens is 253 g/mol. The van der Waals surface area contributed by atoms with Crippen molar-refractivity contribution < 1.29 is 13.2 Å². The summed E-state index contributed by atoms with van der Waals surface area (Å²) in [4.78, 5) is 1.40. The van der Waals surface area contributed by atoms with Crippen LogP contribution in [0.1, 0.15) is 31.4 Å². The molecule has 1 atom stereocenters. The number of rotatable bonds is 7. The lowest BCUT2D eigenvalue weighted by Gasteiger charge is -2.22. The molecule has 0 bridgehead atoms. The second-order valence-electron chi connectivity index (χ2n) is 4.64. The van der Waals surface area contributed by atoms with Gasteiger partial charge in [-0.2, -0.15) is 13.2 Å². The van der Waals surface area contributed by atoms with Gasteiger partial charge in [-0.3, -0.25) is 4.90 Å². The number of benzene rings is 1. The minimum absolute atomic E-state index is 0.106. The van der Waals surface area contributed by atoms with Crippen LogP contribution in [-0.2, 0) is 0 Å². The van der Waals surface area contributed by atoms with Crippen LogP contribution in [0, 0.1) is 0 Å². The van der Waals surface area contributed by atoms with Gasteiger partial charge in [-0.1, -0.05) is 37.3 Å². The van der Waals surface area contributed by atoms with E-state index in [2.05, 4.69) is 0 Å². The van der Waals surface area contributed by atoms with E-state index < -0.39 is 12.7 Å². The molecule has 1 unspecified atom stereocenters. The highest BCUT2D eigenvalue weighted by Gasteiger charge is 2.29. The predicted octanol–water partition coefficient (Wildman–Crippen LogP) is 3.35. The second kappa shape index (κ2) is 7.50. The van der Waals surface area contributed by atoms with Crippen LogP contribution in [0.4, 0.5) is 13.2 Å². The highest BCUT2D eigenvalue weighted by atomic mass is 19.4. The molecule has 2 nitrogen and oxygen atoms in total. The molecule has 1 aromatic rings. The Morgan fingerprint density at radius 3 is 2.37 bits per heavy atom. The highest BCUT2D eigenvalue weighted by Crippen LogP contribution is 2.18. The third kappa shape index (κ3) is 6.59. The van der Waals surface area contributed by atoms with Gasteiger partial charge in [0.05, 0.1) is 6.54 Å². The summed E-state index contributed by atoms with van der Waals surface area (Å²) in [5, 5.41) is 0. The fraction of sp³-hybridized carbons (Fsp3) is 0.571. The molecule has 2 N–H and O–H groups in total. The smallest absolute Gasteiger partial charge is 0.324 e. The van der Waals surface area contributed by atoms with E-state index in [9.17, 15) is 13.2 Å². The van der Waals surface area contributed by atoms with E-state index in [4.69, 9.17) is 5.73 Å². The maximum absolute atomic E-state index is 12.3. The van der Waals surface area contributed by atoms with Crippen molar-refractivity contribution in [3.63, 3.8) is 0 Å². The summed E-state index contributed by atoms with van der Waals surface area (Å²) in [7, 11) is 0. The fourth-order valence-corrected chi connectivity index (χ4v) is 2.00. The molecular formula is C14H21F3N2. The molecule has 0 spiro atoms. The third-order valence-electron chi connectivity index (χ3n) is 3.07. The first-order valence-corrected chi connectivity index (χ1v) is 6.52. The molecule has 0 saturated heterocycles. The lowest BCUT2D eigenvalue weighted by molar-refractivity contribution is -0.145.